The summed E-state index contributed by atoms with van der Waals surface area (Å²) in [4.78, 5) is 19.2. The molecule has 1 aromatic carbocycles. The second-order valence-corrected chi connectivity index (χ2v) is 7.35. The first-order valence-electron chi connectivity index (χ1n) is 10.2. The van der Waals surface area contributed by atoms with Crippen molar-refractivity contribution in [1.82, 2.24) is 15.5 Å². The van der Waals surface area contributed by atoms with Gasteiger partial charge in [-0.05, 0) is 57.7 Å². The van der Waals surface area contributed by atoms with Crippen LogP contribution in [-0.4, -0.2) is 55.0 Å². The van der Waals surface area contributed by atoms with Gasteiger partial charge in [-0.25, -0.2) is 4.99 Å². The van der Waals surface area contributed by atoms with Crippen LogP contribution in [0.1, 0.15) is 46.1 Å². The van der Waals surface area contributed by atoms with Crippen molar-refractivity contribution >= 4 is 17.6 Å². The SMILES string of the molecule is CCNC(=NCC(=O)Nc1cccc(CC)c1)NC1CCN(C(C)C)CC1. The van der Waals surface area contributed by atoms with Crippen molar-refractivity contribution in [2.45, 2.75) is 59.0 Å². The number of hydrogen-bond donors (Lipinski definition) is 3. The van der Waals surface area contributed by atoms with Crippen LogP contribution in [-0.2, 0) is 11.2 Å². The van der Waals surface area contributed by atoms with Crippen LogP contribution >= 0.6 is 0 Å². The molecule has 0 saturated carbocycles. The molecular weight excluding hydrogens is 338 g/mol. The molecule has 1 aliphatic rings. The summed E-state index contributed by atoms with van der Waals surface area (Å²) in [5, 5.41) is 9.66. The molecule has 1 amide bonds. The number of carbonyl (C=O) groups is 1. The lowest BCUT2D eigenvalue weighted by Gasteiger charge is -2.35. The van der Waals surface area contributed by atoms with E-state index in [1.807, 2.05) is 25.1 Å². The van der Waals surface area contributed by atoms with Gasteiger partial charge in [0.25, 0.3) is 0 Å². The number of likely N-dealkylation sites (tertiary alicyclic amines) is 1. The molecule has 0 aliphatic carbocycles. The summed E-state index contributed by atoms with van der Waals surface area (Å²) in [7, 11) is 0. The first kappa shape index (κ1) is 21.2. The molecule has 6 nitrogen and oxygen atoms in total. The van der Waals surface area contributed by atoms with Gasteiger partial charge < -0.3 is 20.9 Å². The van der Waals surface area contributed by atoms with Gasteiger partial charge in [0.1, 0.15) is 6.54 Å². The molecular formula is C21H35N5O. The Morgan fingerprint density at radius 3 is 2.63 bits per heavy atom. The number of piperidine rings is 1. The number of rotatable bonds is 7. The van der Waals surface area contributed by atoms with Gasteiger partial charge in [0.05, 0.1) is 0 Å². The van der Waals surface area contributed by atoms with E-state index in [4.69, 9.17) is 0 Å². The van der Waals surface area contributed by atoms with E-state index in [1.165, 1.54) is 5.56 Å². The minimum Gasteiger partial charge on any atom is -0.357 e. The van der Waals surface area contributed by atoms with Gasteiger partial charge in [-0.15, -0.1) is 0 Å². The topological polar surface area (TPSA) is 68.8 Å². The van der Waals surface area contributed by atoms with E-state index in [0.29, 0.717) is 12.1 Å². The Morgan fingerprint density at radius 1 is 1.26 bits per heavy atom. The molecule has 1 aliphatic heterocycles. The quantitative estimate of drug-likeness (QED) is 0.508. The number of nitrogens with one attached hydrogen (secondary N) is 3. The van der Waals surface area contributed by atoms with Crippen LogP contribution in [0.3, 0.4) is 0 Å². The van der Waals surface area contributed by atoms with Crippen molar-refractivity contribution in [1.29, 1.82) is 0 Å². The van der Waals surface area contributed by atoms with Crippen molar-refractivity contribution in [2.24, 2.45) is 4.99 Å². The van der Waals surface area contributed by atoms with Crippen molar-refractivity contribution in [3.63, 3.8) is 0 Å². The molecule has 0 aromatic heterocycles. The zero-order valence-electron chi connectivity index (χ0n) is 17.2. The number of aliphatic imine (C=N–C) groups is 1. The summed E-state index contributed by atoms with van der Waals surface area (Å²) >= 11 is 0. The molecule has 1 fully saturated rings. The van der Waals surface area contributed by atoms with E-state index in [-0.39, 0.29) is 12.5 Å². The molecule has 0 atom stereocenters. The van der Waals surface area contributed by atoms with Gasteiger partial charge in [-0.2, -0.15) is 0 Å². The zero-order valence-corrected chi connectivity index (χ0v) is 17.2. The van der Waals surface area contributed by atoms with Gasteiger partial charge in [-0.1, -0.05) is 19.1 Å². The van der Waals surface area contributed by atoms with Gasteiger partial charge in [0.15, 0.2) is 5.96 Å². The second kappa shape index (κ2) is 10.9. The molecule has 1 saturated heterocycles. The fraction of sp³-hybridized carbons (Fsp3) is 0.619. The van der Waals surface area contributed by atoms with Crippen molar-refractivity contribution in [3.8, 4) is 0 Å². The van der Waals surface area contributed by atoms with Crippen LogP contribution in [0.2, 0.25) is 0 Å². The minimum atomic E-state index is -0.102. The number of amides is 1. The van der Waals surface area contributed by atoms with E-state index >= 15 is 0 Å². The van der Waals surface area contributed by atoms with Crippen molar-refractivity contribution in [2.75, 3.05) is 31.5 Å². The average molecular weight is 374 g/mol. The maximum absolute atomic E-state index is 12.3. The largest absolute Gasteiger partial charge is 0.357 e. The highest BCUT2D eigenvalue weighted by atomic mass is 16.1. The summed E-state index contributed by atoms with van der Waals surface area (Å²) in [5.41, 5.74) is 2.03. The van der Waals surface area contributed by atoms with E-state index < -0.39 is 0 Å². The molecule has 2 rings (SSSR count). The maximum Gasteiger partial charge on any atom is 0.246 e. The smallest absolute Gasteiger partial charge is 0.246 e. The monoisotopic (exact) mass is 373 g/mol. The fourth-order valence-corrected chi connectivity index (χ4v) is 3.29. The predicted molar refractivity (Wildman–Crippen MR) is 113 cm³/mol. The first-order chi connectivity index (χ1) is 13.0. The second-order valence-electron chi connectivity index (χ2n) is 7.35. The summed E-state index contributed by atoms with van der Waals surface area (Å²) in [6.45, 7) is 11.7. The Hall–Kier alpha value is -2.08. The number of benzene rings is 1. The number of guanidine groups is 1. The lowest BCUT2D eigenvalue weighted by Crippen LogP contribution is -2.50. The standard InChI is InChI=1S/C21H35N5O/c1-5-17-8-7-9-19(14-17)24-20(27)15-23-21(22-6-2)25-18-10-12-26(13-11-18)16(3)4/h7-9,14,16,18H,5-6,10-13,15H2,1-4H3,(H,24,27)(H2,22,23,25). The molecule has 6 heteroatoms. The third-order valence-electron chi connectivity index (χ3n) is 4.94. The third kappa shape index (κ3) is 7.21. The van der Waals surface area contributed by atoms with Gasteiger partial charge in [-0.3, -0.25) is 4.79 Å². The number of nitrogens with zero attached hydrogens (tertiary/aromatic N) is 2. The van der Waals surface area contributed by atoms with Gasteiger partial charge in [0, 0.05) is 37.4 Å². The molecule has 27 heavy (non-hydrogen) atoms. The number of hydrogen-bond acceptors (Lipinski definition) is 3. The zero-order chi connectivity index (χ0) is 19.6. The van der Waals surface area contributed by atoms with E-state index in [9.17, 15) is 4.79 Å². The summed E-state index contributed by atoms with van der Waals surface area (Å²) in [6, 6.07) is 8.95. The van der Waals surface area contributed by atoms with Crippen molar-refractivity contribution < 1.29 is 4.79 Å². The summed E-state index contributed by atoms with van der Waals surface area (Å²) < 4.78 is 0. The molecule has 0 bridgehead atoms. The first-order valence-corrected chi connectivity index (χ1v) is 10.2. The highest BCUT2D eigenvalue weighted by molar-refractivity contribution is 5.94. The number of aryl methyl sites for hydroxylation is 1. The van der Waals surface area contributed by atoms with Crippen LogP contribution in [0, 0.1) is 0 Å². The highest BCUT2D eigenvalue weighted by Crippen LogP contribution is 2.13. The number of anilines is 1. The molecule has 0 spiro atoms. The molecule has 150 valence electrons. The minimum absolute atomic E-state index is 0.102. The average Bonchev–Trinajstić information content (AvgIpc) is 2.67. The normalized spacial score (nSPS) is 16.4. The molecule has 0 radical (unpaired) electrons. The van der Waals surface area contributed by atoms with Gasteiger partial charge in [0.2, 0.25) is 5.91 Å². The van der Waals surface area contributed by atoms with E-state index in [2.05, 4.69) is 52.7 Å². The molecule has 0 unspecified atom stereocenters. The maximum atomic E-state index is 12.3. The summed E-state index contributed by atoms with van der Waals surface area (Å²) in [5.74, 6) is 0.619. The van der Waals surface area contributed by atoms with Gasteiger partial charge >= 0.3 is 0 Å². The Kier molecular flexibility index (Phi) is 8.58. The lowest BCUT2D eigenvalue weighted by molar-refractivity contribution is -0.114. The third-order valence-corrected chi connectivity index (χ3v) is 4.94. The summed E-state index contributed by atoms with van der Waals surface area (Å²) in [6.07, 6.45) is 3.14. The van der Waals surface area contributed by atoms with E-state index in [0.717, 1.165) is 50.5 Å². The Bertz CT molecular complexity index is 621. The van der Waals surface area contributed by atoms with Crippen LogP contribution < -0.4 is 16.0 Å². The Labute approximate surface area is 163 Å². The van der Waals surface area contributed by atoms with Crippen LogP contribution in [0.4, 0.5) is 5.69 Å². The van der Waals surface area contributed by atoms with Crippen LogP contribution in [0.5, 0.6) is 0 Å². The molecule has 1 heterocycles. The predicted octanol–water partition coefficient (Wildman–Crippen LogP) is 2.62. The number of carbonyl (C=O) groups excluding carboxylic acids is 1. The van der Waals surface area contributed by atoms with E-state index in [1.54, 1.807) is 0 Å². The van der Waals surface area contributed by atoms with Crippen molar-refractivity contribution in [3.05, 3.63) is 29.8 Å². The molecule has 3 N–H and O–H groups in total. The highest BCUT2D eigenvalue weighted by Gasteiger charge is 2.21. The Balaban J connectivity index is 1.86. The van der Waals surface area contributed by atoms with Crippen LogP contribution in [0.25, 0.3) is 0 Å². The Morgan fingerprint density at radius 2 is 2.00 bits per heavy atom. The molecule has 1 aromatic rings. The van der Waals surface area contributed by atoms with Crippen LogP contribution in [0.15, 0.2) is 29.3 Å². The fourth-order valence-electron chi connectivity index (χ4n) is 3.29. The lowest BCUT2D eigenvalue weighted by atomic mass is 10.0.